The smallest absolute Gasteiger partial charge is 0.253 e. The van der Waals surface area contributed by atoms with Crippen molar-refractivity contribution in [3.63, 3.8) is 0 Å². The van der Waals surface area contributed by atoms with Gasteiger partial charge >= 0.3 is 0 Å². The Bertz CT molecular complexity index is 1270. The Morgan fingerprint density at radius 1 is 0.943 bits per heavy atom. The molecule has 1 saturated heterocycles. The molecule has 3 aromatic carbocycles. The summed E-state index contributed by atoms with van der Waals surface area (Å²) in [5.41, 5.74) is 2.81. The Morgan fingerprint density at radius 3 is 2.14 bits per heavy atom. The maximum Gasteiger partial charge on any atom is 0.253 e. The lowest BCUT2D eigenvalue weighted by atomic mass is 10.1. The molecule has 0 radical (unpaired) electrons. The molecule has 184 valence electrons. The number of anilines is 2. The minimum absolute atomic E-state index is 0.0667. The maximum absolute atomic E-state index is 13.1. The quantitative estimate of drug-likeness (QED) is 0.471. The van der Waals surface area contributed by atoms with Crippen molar-refractivity contribution in [2.45, 2.75) is 6.54 Å². The number of hydrogen-bond donors (Lipinski definition) is 0. The second-order valence-corrected chi connectivity index (χ2v) is 10.7. The molecule has 0 saturated carbocycles. The van der Waals surface area contributed by atoms with Gasteiger partial charge in [0.25, 0.3) is 5.91 Å². The number of hydrogen-bond acceptors (Lipinski definition) is 5. The summed E-state index contributed by atoms with van der Waals surface area (Å²) in [6.45, 7) is 2.79. The zero-order chi connectivity index (χ0) is 25.0. The van der Waals surface area contributed by atoms with Crippen LogP contribution in [0.5, 0.6) is 5.75 Å². The topological polar surface area (TPSA) is 70.2 Å². The van der Waals surface area contributed by atoms with Crippen LogP contribution in [-0.2, 0) is 16.6 Å². The highest BCUT2D eigenvalue weighted by molar-refractivity contribution is 7.92. The molecule has 0 aliphatic carbocycles. The fourth-order valence-electron chi connectivity index (χ4n) is 4.09. The number of amides is 1. The van der Waals surface area contributed by atoms with Gasteiger partial charge in [0.2, 0.25) is 10.0 Å². The van der Waals surface area contributed by atoms with E-state index in [0.717, 1.165) is 30.8 Å². The highest BCUT2D eigenvalue weighted by Gasteiger charge is 2.24. The van der Waals surface area contributed by atoms with Crippen molar-refractivity contribution >= 4 is 38.9 Å². The average Bonchev–Trinajstić information content (AvgIpc) is 2.87. The molecule has 1 aliphatic heterocycles. The molecule has 0 bridgehead atoms. The number of carbonyl (C=O) groups excluding carboxylic acids is 1. The van der Waals surface area contributed by atoms with Crippen LogP contribution in [0.15, 0.2) is 72.8 Å². The molecule has 1 aliphatic rings. The molecule has 4 rings (SSSR count). The van der Waals surface area contributed by atoms with Crippen LogP contribution in [0.3, 0.4) is 0 Å². The molecule has 1 fully saturated rings. The number of carbonyl (C=O) groups is 1. The predicted molar refractivity (Wildman–Crippen MR) is 140 cm³/mol. The summed E-state index contributed by atoms with van der Waals surface area (Å²) in [6, 6.07) is 21.7. The standard InChI is InChI=1S/C26H28ClN3O4S/c1-34-24-13-11-22(12-14-24)28-15-17-29(18-16-28)26(31)20-7-9-23(10-8-20)30(35(2,32)33)19-21-5-3-4-6-25(21)27/h3-14H,15-19H2,1-2H3. The molecule has 0 aromatic heterocycles. The third-order valence-corrected chi connectivity index (χ3v) is 7.59. The Morgan fingerprint density at radius 2 is 1.57 bits per heavy atom. The summed E-state index contributed by atoms with van der Waals surface area (Å²) in [5.74, 6) is 0.746. The maximum atomic E-state index is 13.1. The average molecular weight is 514 g/mol. The van der Waals surface area contributed by atoms with E-state index in [1.54, 1.807) is 49.6 Å². The van der Waals surface area contributed by atoms with Gasteiger partial charge in [0, 0.05) is 42.5 Å². The first-order chi connectivity index (χ1) is 16.8. The van der Waals surface area contributed by atoms with E-state index in [1.807, 2.05) is 35.2 Å². The van der Waals surface area contributed by atoms with Crippen molar-refractivity contribution in [3.8, 4) is 5.75 Å². The molecule has 0 unspecified atom stereocenters. The summed E-state index contributed by atoms with van der Waals surface area (Å²) >= 11 is 6.24. The number of halogens is 1. The SMILES string of the molecule is COc1ccc(N2CCN(C(=O)c3ccc(N(Cc4ccccc4Cl)S(C)(=O)=O)cc3)CC2)cc1. The molecule has 1 amide bonds. The van der Waals surface area contributed by atoms with Gasteiger partial charge in [0.15, 0.2) is 0 Å². The Balaban J connectivity index is 1.43. The first-order valence-corrected chi connectivity index (χ1v) is 13.5. The molecule has 9 heteroatoms. The van der Waals surface area contributed by atoms with E-state index < -0.39 is 10.0 Å². The van der Waals surface area contributed by atoms with E-state index in [-0.39, 0.29) is 12.5 Å². The second kappa shape index (κ2) is 10.6. The lowest BCUT2D eigenvalue weighted by Crippen LogP contribution is -2.48. The summed E-state index contributed by atoms with van der Waals surface area (Å²) < 4.78 is 31.5. The largest absolute Gasteiger partial charge is 0.497 e. The van der Waals surface area contributed by atoms with Gasteiger partial charge in [-0.1, -0.05) is 29.8 Å². The lowest BCUT2D eigenvalue weighted by Gasteiger charge is -2.36. The highest BCUT2D eigenvalue weighted by Crippen LogP contribution is 2.25. The van der Waals surface area contributed by atoms with E-state index in [1.165, 1.54) is 4.31 Å². The van der Waals surface area contributed by atoms with Gasteiger partial charge in [-0.15, -0.1) is 0 Å². The van der Waals surface area contributed by atoms with Gasteiger partial charge < -0.3 is 14.5 Å². The summed E-state index contributed by atoms with van der Waals surface area (Å²) in [7, 11) is -1.92. The van der Waals surface area contributed by atoms with Crippen LogP contribution in [0.1, 0.15) is 15.9 Å². The van der Waals surface area contributed by atoms with Crippen LogP contribution in [0.4, 0.5) is 11.4 Å². The number of ether oxygens (including phenoxy) is 1. The van der Waals surface area contributed by atoms with Gasteiger partial charge in [-0.05, 0) is 60.2 Å². The molecular weight excluding hydrogens is 486 g/mol. The van der Waals surface area contributed by atoms with E-state index in [4.69, 9.17) is 16.3 Å². The molecule has 0 atom stereocenters. The third-order valence-electron chi connectivity index (χ3n) is 6.08. The summed E-state index contributed by atoms with van der Waals surface area (Å²) in [6.07, 6.45) is 1.16. The molecule has 3 aromatic rings. The van der Waals surface area contributed by atoms with Gasteiger partial charge in [-0.25, -0.2) is 8.42 Å². The number of methoxy groups -OCH3 is 1. The Kier molecular flexibility index (Phi) is 7.52. The van der Waals surface area contributed by atoms with Crippen LogP contribution in [-0.4, -0.2) is 58.8 Å². The number of rotatable bonds is 7. The molecule has 35 heavy (non-hydrogen) atoms. The van der Waals surface area contributed by atoms with E-state index in [2.05, 4.69) is 4.90 Å². The van der Waals surface area contributed by atoms with Gasteiger partial charge in [-0.3, -0.25) is 9.10 Å². The van der Waals surface area contributed by atoms with Crippen molar-refractivity contribution in [2.24, 2.45) is 0 Å². The number of benzene rings is 3. The van der Waals surface area contributed by atoms with Crippen molar-refractivity contribution in [2.75, 3.05) is 48.7 Å². The number of piperazine rings is 1. The molecule has 0 N–H and O–H groups in total. The minimum Gasteiger partial charge on any atom is -0.497 e. The zero-order valence-electron chi connectivity index (χ0n) is 19.7. The predicted octanol–water partition coefficient (Wildman–Crippen LogP) is 4.28. The molecule has 1 heterocycles. The fourth-order valence-corrected chi connectivity index (χ4v) is 5.17. The summed E-state index contributed by atoms with van der Waals surface area (Å²) in [4.78, 5) is 17.1. The normalized spacial score (nSPS) is 14.0. The Labute approximate surface area is 211 Å². The Hall–Kier alpha value is -3.23. The van der Waals surface area contributed by atoms with Crippen LogP contribution >= 0.6 is 11.6 Å². The number of sulfonamides is 1. The zero-order valence-corrected chi connectivity index (χ0v) is 21.3. The third kappa shape index (κ3) is 5.89. The van der Waals surface area contributed by atoms with Crippen molar-refractivity contribution < 1.29 is 17.9 Å². The van der Waals surface area contributed by atoms with E-state index in [9.17, 15) is 13.2 Å². The van der Waals surface area contributed by atoms with Gasteiger partial charge in [0.05, 0.1) is 25.6 Å². The van der Waals surface area contributed by atoms with Gasteiger partial charge in [0.1, 0.15) is 5.75 Å². The molecule has 0 spiro atoms. The monoisotopic (exact) mass is 513 g/mol. The van der Waals surface area contributed by atoms with E-state index in [0.29, 0.717) is 34.9 Å². The van der Waals surface area contributed by atoms with Crippen molar-refractivity contribution in [1.29, 1.82) is 0 Å². The van der Waals surface area contributed by atoms with Crippen LogP contribution in [0.25, 0.3) is 0 Å². The van der Waals surface area contributed by atoms with Crippen LogP contribution in [0, 0.1) is 0 Å². The molecule has 7 nitrogen and oxygen atoms in total. The minimum atomic E-state index is -3.56. The fraction of sp³-hybridized carbons (Fsp3) is 0.269. The lowest BCUT2D eigenvalue weighted by molar-refractivity contribution is 0.0747. The molecular formula is C26H28ClN3O4S. The van der Waals surface area contributed by atoms with Crippen molar-refractivity contribution in [3.05, 3.63) is 88.9 Å². The van der Waals surface area contributed by atoms with Crippen LogP contribution < -0.4 is 13.9 Å². The van der Waals surface area contributed by atoms with Gasteiger partial charge in [-0.2, -0.15) is 0 Å². The highest BCUT2D eigenvalue weighted by atomic mass is 35.5. The second-order valence-electron chi connectivity index (χ2n) is 8.39. The number of nitrogens with zero attached hydrogens (tertiary/aromatic N) is 3. The first kappa shape index (κ1) is 24.9. The summed E-state index contributed by atoms with van der Waals surface area (Å²) in [5, 5.41) is 0.502. The van der Waals surface area contributed by atoms with Crippen molar-refractivity contribution in [1.82, 2.24) is 4.90 Å². The van der Waals surface area contributed by atoms with Crippen LogP contribution in [0.2, 0.25) is 5.02 Å². The first-order valence-electron chi connectivity index (χ1n) is 11.3. The van der Waals surface area contributed by atoms with E-state index >= 15 is 0 Å².